The van der Waals surface area contributed by atoms with Crippen LogP contribution < -0.4 is 5.32 Å². The summed E-state index contributed by atoms with van der Waals surface area (Å²) < 4.78 is 7.55. The lowest BCUT2D eigenvalue weighted by Crippen LogP contribution is -2.35. The lowest BCUT2D eigenvalue weighted by atomic mass is 10.1. The average molecular weight is 500 g/mol. The Morgan fingerprint density at radius 3 is 2.86 bits per heavy atom. The highest BCUT2D eigenvalue weighted by Gasteiger charge is 2.20. The number of amides is 1. The molecule has 182 valence electrons. The molecule has 1 amide bonds. The molecule has 0 bridgehead atoms. The first-order chi connectivity index (χ1) is 17.7. The highest BCUT2D eigenvalue weighted by atomic mass is 32.1. The number of hydrogen-bond donors (Lipinski definition) is 2. The largest absolute Gasteiger partial charge is 0.379 e. The predicted octanol–water partition coefficient (Wildman–Crippen LogP) is 4.24. The molecule has 4 aromatic heterocycles. The summed E-state index contributed by atoms with van der Waals surface area (Å²) in [5.41, 5.74) is 5.07. The number of benzene rings is 1. The van der Waals surface area contributed by atoms with Gasteiger partial charge in [-0.05, 0) is 25.1 Å². The van der Waals surface area contributed by atoms with Gasteiger partial charge in [0.2, 0.25) is 5.78 Å². The number of nitrogens with zero attached hydrogens (tertiary/aromatic N) is 5. The second kappa shape index (κ2) is 9.65. The number of aromatic nitrogens is 5. The molecule has 0 aliphatic carbocycles. The number of fused-ring (bicyclic) bond motifs is 1. The van der Waals surface area contributed by atoms with E-state index < -0.39 is 0 Å². The second-order valence-corrected chi connectivity index (χ2v) is 9.66. The Morgan fingerprint density at radius 1 is 1.17 bits per heavy atom. The number of nitrogens with one attached hydrogen (secondary N) is 2. The lowest BCUT2D eigenvalue weighted by Gasteiger charge is -2.26. The summed E-state index contributed by atoms with van der Waals surface area (Å²) in [6, 6.07) is 11.5. The van der Waals surface area contributed by atoms with Crippen molar-refractivity contribution in [2.24, 2.45) is 0 Å². The number of aromatic amines is 1. The van der Waals surface area contributed by atoms with Gasteiger partial charge in [-0.25, -0.2) is 9.97 Å². The van der Waals surface area contributed by atoms with Crippen molar-refractivity contribution in [3.05, 3.63) is 77.5 Å². The van der Waals surface area contributed by atoms with Crippen molar-refractivity contribution in [3.8, 4) is 21.8 Å². The van der Waals surface area contributed by atoms with Gasteiger partial charge in [-0.3, -0.25) is 19.1 Å². The molecule has 1 saturated heterocycles. The third kappa shape index (κ3) is 4.41. The molecule has 0 radical (unpaired) electrons. The van der Waals surface area contributed by atoms with E-state index in [1.807, 2.05) is 55.7 Å². The van der Waals surface area contributed by atoms with Gasteiger partial charge in [0.15, 0.2) is 0 Å². The van der Waals surface area contributed by atoms with Crippen LogP contribution in [0.4, 0.5) is 5.69 Å². The number of rotatable bonds is 6. The normalized spacial score (nSPS) is 14.4. The number of aryl methyl sites for hydroxylation is 1. The van der Waals surface area contributed by atoms with Crippen molar-refractivity contribution in [2.75, 3.05) is 31.6 Å². The summed E-state index contributed by atoms with van der Waals surface area (Å²) in [6.07, 6.45) is 7.49. The van der Waals surface area contributed by atoms with E-state index in [0.717, 1.165) is 66.1 Å². The van der Waals surface area contributed by atoms with E-state index in [4.69, 9.17) is 9.72 Å². The van der Waals surface area contributed by atoms with Crippen molar-refractivity contribution in [1.82, 2.24) is 29.2 Å². The van der Waals surface area contributed by atoms with Gasteiger partial charge >= 0.3 is 0 Å². The fraction of sp³-hybridized carbons (Fsp3) is 0.231. The second-order valence-electron chi connectivity index (χ2n) is 8.66. The van der Waals surface area contributed by atoms with Gasteiger partial charge in [0.1, 0.15) is 9.88 Å². The zero-order valence-electron chi connectivity index (χ0n) is 19.8. The third-order valence-corrected chi connectivity index (χ3v) is 7.44. The highest BCUT2D eigenvalue weighted by molar-refractivity contribution is 7.17. The molecule has 5 heterocycles. The van der Waals surface area contributed by atoms with Crippen LogP contribution in [0.5, 0.6) is 0 Å². The molecule has 2 N–H and O–H groups in total. The Morgan fingerprint density at radius 2 is 2.03 bits per heavy atom. The van der Waals surface area contributed by atoms with E-state index in [0.29, 0.717) is 16.3 Å². The Labute approximate surface area is 211 Å². The fourth-order valence-corrected chi connectivity index (χ4v) is 5.32. The first kappa shape index (κ1) is 22.6. The molecule has 0 atom stereocenters. The monoisotopic (exact) mass is 499 g/mol. The summed E-state index contributed by atoms with van der Waals surface area (Å²) in [5, 5.41) is 3.86. The third-order valence-electron chi connectivity index (χ3n) is 6.24. The number of imidazole rings is 2. The molecule has 1 fully saturated rings. The van der Waals surface area contributed by atoms with Crippen LogP contribution >= 0.6 is 11.3 Å². The highest BCUT2D eigenvalue weighted by Crippen LogP contribution is 2.31. The first-order valence-electron chi connectivity index (χ1n) is 11.8. The number of para-hydroxylation sites is 1. The van der Waals surface area contributed by atoms with E-state index in [9.17, 15) is 4.79 Å². The fourth-order valence-electron chi connectivity index (χ4n) is 4.37. The summed E-state index contributed by atoms with van der Waals surface area (Å²) >= 11 is 1.36. The molecular weight excluding hydrogens is 474 g/mol. The van der Waals surface area contributed by atoms with E-state index in [-0.39, 0.29) is 5.91 Å². The van der Waals surface area contributed by atoms with Gasteiger partial charge in [0.05, 0.1) is 36.0 Å². The number of carbonyl (C=O) groups is 1. The molecule has 0 saturated carbocycles. The standard InChI is InChI=1S/C26H25N7O2S/c1-17-23(36-25(29-17)18-5-4-8-27-13-18)24(34)30-21-7-3-2-6-20(21)22-16-33-19(14-28-26(33)31-22)15-32-9-11-35-12-10-32/h2-8,13-14,16H,9-12,15H2,1H3,(H,28,31)(H,30,34). The Hall–Kier alpha value is -3.86. The van der Waals surface area contributed by atoms with E-state index >= 15 is 0 Å². The minimum absolute atomic E-state index is 0.189. The number of morpholine rings is 1. The Balaban J connectivity index is 1.26. The van der Waals surface area contributed by atoms with Crippen LogP contribution in [-0.2, 0) is 11.3 Å². The van der Waals surface area contributed by atoms with Crippen molar-refractivity contribution in [1.29, 1.82) is 0 Å². The molecule has 5 aromatic rings. The zero-order valence-corrected chi connectivity index (χ0v) is 20.6. The zero-order chi connectivity index (χ0) is 24.5. The maximum atomic E-state index is 13.3. The van der Waals surface area contributed by atoms with Crippen LogP contribution in [0, 0.1) is 6.92 Å². The summed E-state index contributed by atoms with van der Waals surface area (Å²) in [7, 11) is 0. The van der Waals surface area contributed by atoms with Crippen LogP contribution in [0.3, 0.4) is 0 Å². The SMILES string of the molecule is Cc1nc(-c2cccnc2)sc1C(=O)Nc1ccccc1-c1cn2c(CN3CCOCC3)c[nH]c2n1. The molecule has 0 spiro atoms. The molecule has 36 heavy (non-hydrogen) atoms. The van der Waals surface area contributed by atoms with Gasteiger partial charge in [0, 0.05) is 55.5 Å². The van der Waals surface area contributed by atoms with Crippen molar-refractivity contribution in [3.63, 3.8) is 0 Å². The number of thiazole rings is 1. The minimum Gasteiger partial charge on any atom is -0.379 e. The van der Waals surface area contributed by atoms with E-state index in [1.54, 1.807) is 12.4 Å². The maximum absolute atomic E-state index is 13.3. The van der Waals surface area contributed by atoms with Crippen LogP contribution in [0.15, 0.2) is 61.2 Å². The number of hydrogen-bond acceptors (Lipinski definition) is 7. The summed E-state index contributed by atoms with van der Waals surface area (Å²) in [4.78, 5) is 33.0. The predicted molar refractivity (Wildman–Crippen MR) is 139 cm³/mol. The number of pyridine rings is 1. The Kier molecular flexibility index (Phi) is 6.06. The minimum atomic E-state index is -0.189. The summed E-state index contributed by atoms with van der Waals surface area (Å²) in [5.74, 6) is 0.583. The molecule has 6 rings (SSSR count). The van der Waals surface area contributed by atoms with Crippen LogP contribution in [0.25, 0.3) is 27.6 Å². The van der Waals surface area contributed by atoms with Crippen molar-refractivity contribution in [2.45, 2.75) is 13.5 Å². The maximum Gasteiger partial charge on any atom is 0.267 e. The molecule has 0 unspecified atom stereocenters. The number of ether oxygens (including phenoxy) is 1. The molecule has 1 aromatic carbocycles. The van der Waals surface area contributed by atoms with Gasteiger partial charge in [-0.15, -0.1) is 11.3 Å². The van der Waals surface area contributed by atoms with Crippen molar-refractivity contribution < 1.29 is 9.53 Å². The smallest absolute Gasteiger partial charge is 0.267 e. The topological polar surface area (TPSA) is 100 Å². The van der Waals surface area contributed by atoms with Gasteiger partial charge in [-0.2, -0.15) is 0 Å². The quantitative estimate of drug-likeness (QED) is 0.363. The van der Waals surface area contributed by atoms with Crippen LogP contribution in [0.2, 0.25) is 0 Å². The lowest BCUT2D eigenvalue weighted by molar-refractivity contribution is 0.0335. The first-order valence-corrected chi connectivity index (χ1v) is 12.6. The number of H-pyrrole nitrogens is 1. The number of carbonyl (C=O) groups excluding carboxylic acids is 1. The average Bonchev–Trinajstić information content (AvgIpc) is 3.61. The molecule has 9 nitrogen and oxygen atoms in total. The van der Waals surface area contributed by atoms with Crippen molar-refractivity contribution >= 4 is 28.7 Å². The van der Waals surface area contributed by atoms with Gasteiger partial charge < -0.3 is 15.0 Å². The summed E-state index contributed by atoms with van der Waals surface area (Å²) in [6.45, 7) is 6.04. The molecular formula is C26H25N7O2S. The molecule has 10 heteroatoms. The molecule has 1 aliphatic rings. The van der Waals surface area contributed by atoms with E-state index in [1.165, 1.54) is 11.3 Å². The van der Waals surface area contributed by atoms with Gasteiger partial charge in [0.25, 0.3) is 5.91 Å². The number of anilines is 1. The Bertz CT molecular complexity index is 1520. The van der Waals surface area contributed by atoms with E-state index in [2.05, 4.69) is 29.6 Å². The van der Waals surface area contributed by atoms with Gasteiger partial charge in [-0.1, -0.05) is 18.2 Å². The molecule has 1 aliphatic heterocycles. The van der Waals surface area contributed by atoms with Crippen LogP contribution in [-0.4, -0.2) is 61.4 Å². The van der Waals surface area contributed by atoms with Crippen LogP contribution in [0.1, 0.15) is 21.1 Å².